The highest BCUT2D eigenvalue weighted by Gasteiger charge is 2.49. The Bertz CT molecular complexity index is 838. The third-order valence-corrected chi connectivity index (χ3v) is 6.81. The second kappa shape index (κ2) is 6.88. The first-order valence-electron chi connectivity index (χ1n) is 8.45. The Labute approximate surface area is 152 Å². The summed E-state index contributed by atoms with van der Waals surface area (Å²) in [5.74, 6) is -1.20. The lowest BCUT2D eigenvalue weighted by Gasteiger charge is -2.24. The summed E-state index contributed by atoms with van der Waals surface area (Å²) in [5.41, 5.74) is 0.130. The zero-order valence-corrected chi connectivity index (χ0v) is 15.5. The van der Waals surface area contributed by atoms with Gasteiger partial charge in [0.25, 0.3) is 5.91 Å². The maximum absolute atomic E-state index is 13.0. The van der Waals surface area contributed by atoms with Gasteiger partial charge in [-0.05, 0) is 49.9 Å². The molecule has 0 bridgehead atoms. The number of sulfonamides is 1. The van der Waals surface area contributed by atoms with Gasteiger partial charge in [-0.2, -0.15) is 0 Å². The molecule has 2 N–H and O–H groups in total. The monoisotopic (exact) mass is 382 g/mol. The van der Waals surface area contributed by atoms with E-state index in [1.54, 1.807) is 0 Å². The Hall–Kier alpha value is -2.13. The number of nitrogens with one attached hydrogen (secondary N) is 1. The fourth-order valence-corrected chi connectivity index (χ4v) is 5.04. The number of carboxylic acids is 1. The summed E-state index contributed by atoms with van der Waals surface area (Å²) in [6.07, 6.45) is 2.70. The molecular formula is C17H22N2O6S. The first kappa shape index (κ1) is 18.7. The SMILES string of the molecule is CNS(=O)(=O)c1cc(C(=O)N2CC3CCCC3C2C(=O)O)ccc1OC. The third-order valence-electron chi connectivity index (χ3n) is 5.37. The van der Waals surface area contributed by atoms with E-state index in [2.05, 4.69) is 4.72 Å². The molecule has 1 aromatic carbocycles. The van der Waals surface area contributed by atoms with Crippen molar-refractivity contribution < 1.29 is 27.9 Å². The summed E-state index contributed by atoms with van der Waals surface area (Å²) in [6.45, 7) is 0.389. The van der Waals surface area contributed by atoms with Crippen LogP contribution in [0.2, 0.25) is 0 Å². The van der Waals surface area contributed by atoms with Gasteiger partial charge in [-0.3, -0.25) is 4.79 Å². The van der Waals surface area contributed by atoms with E-state index >= 15 is 0 Å². The summed E-state index contributed by atoms with van der Waals surface area (Å²) in [4.78, 5) is 25.9. The Morgan fingerprint density at radius 3 is 2.65 bits per heavy atom. The fourth-order valence-electron chi connectivity index (χ4n) is 4.13. The number of likely N-dealkylation sites (tertiary alicyclic amines) is 1. The number of carbonyl (C=O) groups is 2. The smallest absolute Gasteiger partial charge is 0.326 e. The molecule has 0 spiro atoms. The lowest BCUT2D eigenvalue weighted by molar-refractivity contribution is -0.142. The number of aliphatic carboxylic acids is 1. The maximum Gasteiger partial charge on any atom is 0.326 e. The van der Waals surface area contributed by atoms with Crippen LogP contribution in [0.5, 0.6) is 5.75 Å². The maximum atomic E-state index is 13.0. The van der Waals surface area contributed by atoms with Gasteiger partial charge in [-0.1, -0.05) is 6.42 Å². The van der Waals surface area contributed by atoms with Crippen LogP contribution in [-0.2, 0) is 14.8 Å². The topological polar surface area (TPSA) is 113 Å². The molecule has 8 nitrogen and oxygen atoms in total. The van der Waals surface area contributed by atoms with Gasteiger partial charge >= 0.3 is 5.97 Å². The van der Waals surface area contributed by atoms with E-state index in [-0.39, 0.29) is 28.0 Å². The average molecular weight is 382 g/mol. The standard InChI is InChI=1S/C17H22N2O6S/c1-18-26(23,24)14-8-10(6-7-13(14)25-2)16(20)19-9-11-4-3-5-12(11)15(19)17(21)22/h6-8,11-12,15,18H,3-5,9H2,1-2H3,(H,21,22). The van der Waals surface area contributed by atoms with Crippen LogP contribution in [0.3, 0.4) is 0 Å². The molecule has 1 aliphatic carbocycles. The molecule has 1 amide bonds. The first-order chi connectivity index (χ1) is 12.3. The van der Waals surface area contributed by atoms with E-state index in [0.29, 0.717) is 6.54 Å². The molecule has 1 heterocycles. The first-order valence-corrected chi connectivity index (χ1v) is 9.94. The highest BCUT2D eigenvalue weighted by molar-refractivity contribution is 7.89. The molecule has 3 unspecified atom stereocenters. The van der Waals surface area contributed by atoms with Gasteiger partial charge in [-0.25, -0.2) is 17.9 Å². The molecule has 3 atom stereocenters. The minimum absolute atomic E-state index is 0.0322. The number of benzene rings is 1. The minimum atomic E-state index is -3.83. The van der Waals surface area contributed by atoms with Crippen molar-refractivity contribution in [3.63, 3.8) is 0 Å². The Kier molecular flexibility index (Phi) is 4.94. The molecule has 3 rings (SSSR count). The predicted molar refractivity (Wildman–Crippen MR) is 92.5 cm³/mol. The van der Waals surface area contributed by atoms with E-state index in [0.717, 1.165) is 19.3 Å². The van der Waals surface area contributed by atoms with Gasteiger partial charge in [-0.15, -0.1) is 0 Å². The van der Waals surface area contributed by atoms with Crippen molar-refractivity contribution in [1.82, 2.24) is 9.62 Å². The second-order valence-electron chi connectivity index (χ2n) is 6.67. The number of carboxylic acid groups (broad SMARTS) is 1. The molecule has 2 aliphatic rings. The van der Waals surface area contributed by atoms with Crippen molar-refractivity contribution in [1.29, 1.82) is 0 Å². The quantitative estimate of drug-likeness (QED) is 0.783. The van der Waals surface area contributed by atoms with Crippen LogP contribution < -0.4 is 9.46 Å². The number of nitrogens with zero attached hydrogens (tertiary/aromatic N) is 1. The van der Waals surface area contributed by atoms with E-state index in [9.17, 15) is 23.1 Å². The second-order valence-corrected chi connectivity index (χ2v) is 8.52. The van der Waals surface area contributed by atoms with Crippen LogP contribution in [0.25, 0.3) is 0 Å². The predicted octanol–water partition coefficient (Wildman–Crippen LogP) is 0.929. The van der Waals surface area contributed by atoms with Crippen LogP contribution in [0.1, 0.15) is 29.6 Å². The van der Waals surface area contributed by atoms with Crippen molar-refractivity contribution >= 4 is 21.9 Å². The van der Waals surface area contributed by atoms with Crippen LogP contribution in [0.15, 0.2) is 23.1 Å². The lowest BCUT2D eigenvalue weighted by atomic mass is 9.94. The molecule has 142 valence electrons. The largest absolute Gasteiger partial charge is 0.495 e. The highest BCUT2D eigenvalue weighted by atomic mass is 32.2. The molecule has 1 aliphatic heterocycles. The van der Waals surface area contributed by atoms with E-state index < -0.39 is 27.9 Å². The Morgan fingerprint density at radius 1 is 1.31 bits per heavy atom. The fraction of sp³-hybridized carbons (Fsp3) is 0.529. The van der Waals surface area contributed by atoms with Gasteiger partial charge < -0.3 is 14.7 Å². The molecule has 1 saturated heterocycles. The number of amides is 1. The summed E-state index contributed by atoms with van der Waals surface area (Å²) in [7, 11) is -1.22. The number of carbonyl (C=O) groups excluding carboxylic acids is 1. The van der Waals surface area contributed by atoms with Crippen molar-refractivity contribution in [2.45, 2.75) is 30.2 Å². The Balaban J connectivity index is 1.97. The summed E-state index contributed by atoms with van der Waals surface area (Å²) >= 11 is 0. The van der Waals surface area contributed by atoms with Gasteiger partial charge in [0.1, 0.15) is 16.7 Å². The number of rotatable bonds is 5. The zero-order chi connectivity index (χ0) is 19.1. The van der Waals surface area contributed by atoms with Crippen molar-refractivity contribution in [3.05, 3.63) is 23.8 Å². The van der Waals surface area contributed by atoms with Crippen LogP contribution >= 0.6 is 0 Å². The minimum Gasteiger partial charge on any atom is -0.495 e. The zero-order valence-electron chi connectivity index (χ0n) is 14.6. The molecule has 26 heavy (non-hydrogen) atoms. The Morgan fingerprint density at radius 2 is 2.04 bits per heavy atom. The highest BCUT2D eigenvalue weighted by Crippen LogP contribution is 2.43. The molecule has 1 aromatic rings. The van der Waals surface area contributed by atoms with E-state index in [1.807, 2.05) is 0 Å². The number of ether oxygens (including phenoxy) is 1. The summed E-state index contributed by atoms with van der Waals surface area (Å²) < 4.78 is 31.7. The van der Waals surface area contributed by atoms with E-state index in [1.165, 1.54) is 37.3 Å². The third kappa shape index (κ3) is 3.05. The van der Waals surface area contributed by atoms with Crippen molar-refractivity contribution in [2.24, 2.45) is 11.8 Å². The lowest BCUT2D eigenvalue weighted by Crippen LogP contribution is -2.43. The van der Waals surface area contributed by atoms with Crippen molar-refractivity contribution in [2.75, 3.05) is 20.7 Å². The molecule has 1 saturated carbocycles. The van der Waals surface area contributed by atoms with Crippen molar-refractivity contribution in [3.8, 4) is 5.75 Å². The molecular weight excluding hydrogens is 360 g/mol. The van der Waals surface area contributed by atoms with Crippen LogP contribution in [0.4, 0.5) is 0 Å². The molecule has 9 heteroatoms. The number of methoxy groups -OCH3 is 1. The van der Waals surface area contributed by atoms with Gasteiger partial charge in [0.15, 0.2) is 0 Å². The van der Waals surface area contributed by atoms with Gasteiger partial charge in [0.05, 0.1) is 7.11 Å². The number of hydrogen-bond acceptors (Lipinski definition) is 5. The molecule has 0 radical (unpaired) electrons. The van der Waals surface area contributed by atoms with Gasteiger partial charge in [0, 0.05) is 12.1 Å². The van der Waals surface area contributed by atoms with E-state index in [4.69, 9.17) is 4.74 Å². The number of fused-ring (bicyclic) bond motifs is 1. The van der Waals surface area contributed by atoms with Gasteiger partial charge in [0.2, 0.25) is 10.0 Å². The van der Waals surface area contributed by atoms with Crippen LogP contribution in [0, 0.1) is 11.8 Å². The summed E-state index contributed by atoms with van der Waals surface area (Å²) in [5, 5.41) is 9.61. The normalized spacial score (nSPS) is 25.2. The van der Waals surface area contributed by atoms with Crippen LogP contribution in [-0.4, -0.2) is 57.0 Å². The average Bonchev–Trinajstić information content (AvgIpc) is 3.21. The molecule has 0 aromatic heterocycles. The number of hydrogen-bond donors (Lipinski definition) is 2. The summed E-state index contributed by atoms with van der Waals surface area (Å²) in [6, 6.07) is 3.24. The molecule has 2 fully saturated rings.